The molecule has 4 heterocycles. The van der Waals surface area contributed by atoms with Gasteiger partial charge in [-0.15, -0.1) is 0 Å². The van der Waals surface area contributed by atoms with E-state index in [4.69, 9.17) is 10.4 Å². The minimum absolute atomic E-state index is 0.0337. The fraction of sp³-hybridized carbons (Fsp3) is 0.344. The van der Waals surface area contributed by atoms with Crippen molar-refractivity contribution in [3.63, 3.8) is 0 Å². The van der Waals surface area contributed by atoms with Crippen LogP contribution in [0.5, 0.6) is 0 Å². The normalized spacial score (nSPS) is 19.0. The topological polar surface area (TPSA) is 153 Å². The Bertz CT molecular complexity index is 1970. The Balaban J connectivity index is 1.41. The summed E-state index contributed by atoms with van der Waals surface area (Å²) in [6.45, 7) is 6.39. The lowest BCUT2D eigenvalue weighted by atomic mass is 9.89. The highest BCUT2D eigenvalue weighted by atomic mass is 16.3. The quantitative estimate of drug-likeness (QED) is 0.309. The third-order valence-electron chi connectivity index (χ3n) is 8.53. The third-order valence-corrected chi connectivity index (χ3v) is 8.53. The smallest absolute Gasteiger partial charge is 0.291 e. The molecular formula is C32H34N8O3. The van der Waals surface area contributed by atoms with Crippen LogP contribution in [0.15, 0.2) is 42.9 Å². The molecule has 4 aromatic rings. The lowest BCUT2D eigenvalue weighted by Gasteiger charge is -2.31. The number of rotatable bonds is 4. The van der Waals surface area contributed by atoms with Crippen molar-refractivity contribution in [3.05, 3.63) is 86.7 Å². The Morgan fingerprint density at radius 3 is 2.58 bits per heavy atom. The number of H-pyrrole nitrogens is 1. The molecule has 11 nitrogen and oxygen atoms in total. The molecule has 2 aliphatic rings. The molecule has 0 spiro atoms. The molecule has 43 heavy (non-hydrogen) atoms. The molecule has 1 saturated heterocycles. The number of likely N-dealkylation sites (tertiary alicyclic amines) is 1. The Morgan fingerprint density at radius 1 is 1.14 bits per heavy atom. The minimum Gasteiger partial charge on any atom is -0.392 e. The molecule has 0 unspecified atom stereocenters. The van der Waals surface area contributed by atoms with Crippen molar-refractivity contribution in [1.29, 1.82) is 5.41 Å². The summed E-state index contributed by atoms with van der Waals surface area (Å²) in [7, 11) is 0. The lowest BCUT2D eigenvalue weighted by molar-refractivity contribution is 0.0699. The first kappa shape index (κ1) is 28.4. The van der Waals surface area contributed by atoms with Crippen LogP contribution in [0.3, 0.4) is 0 Å². The minimum atomic E-state index is -0.222. The number of aromatic nitrogens is 6. The Hall–Kier alpha value is -4.77. The number of aliphatic hydroxyl groups excluding tert-OH is 1. The van der Waals surface area contributed by atoms with Crippen LogP contribution in [-0.2, 0) is 6.61 Å². The number of benzene rings is 1. The number of carbonyl (C=O) groups is 2. The van der Waals surface area contributed by atoms with Crippen LogP contribution in [0.2, 0.25) is 0 Å². The molecule has 220 valence electrons. The molecule has 0 atom stereocenters. The highest BCUT2D eigenvalue weighted by Crippen LogP contribution is 2.29. The van der Waals surface area contributed by atoms with Crippen LogP contribution in [0.1, 0.15) is 83.6 Å². The van der Waals surface area contributed by atoms with Crippen molar-refractivity contribution >= 4 is 35.1 Å². The van der Waals surface area contributed by atoms with Crippen LogP contribution in [0.4, 0.5) is 0 Å². The molecule has 0 bridgehead atoms. The monoisotopic (exact) mass is 578 g/mol. The van der Waals surface area contributed by atoms with Crippen molar-refractivity contribution in [3.8, 4) is 0 Å². The number of ketones is 1. The molecule has 1 aliphatic carbocycles. The van der Waals surface area contributed by atoms with Crippen molar-refractivity contribution in [2.75, 3.05) is 13.1 Å². The van der Waals surface area contributed by atoms with Crippen LogP contribution in [-0.4, -0.2) is 64.6 Å². The molecule has 11 heteroatoms. The van der Waals surface area contributed by atoms with Gasteiger partial charge in [-0.2, -0.15) is 14.7 Å². The van der Waals surface area contributed by atoms with Gasteiger partial charge in [-0.25, -0.2) is 9.97 Å². The number of nitrogens with one attached hydrogen (secondary N) is 2. The van der Waals surface area contributed by atoms with E-state index in [0.29, 0.717) is 37.3 Å². The largest absolute Gasteiger partial charge is 0.392 e. The summed E-state index contributed by atoms with van der Waals surface area (Å²) >= 11 is 0. The van der Waals surface area contributed by atoms with E-state index in [1.54, 1.807) is 11.1 Å². The Kier molecular flexibility index (Phi) is 7.81. The second kappa shape index (κ2) is 11.8. The number of fused-ring (bicyclic) bond motifs is 1. The predicted molar refractivity (Wildman–Crippen MR) is 160 cm³/mol. The number of hydrogen-bond acceptors (Lipinski definition) is 8. The summed E-state index contributed by atoms with van der Waals surface area (Å²) in [6.07, 6.45) is 12.3. The third kappa shape index (κ3) is 5.43. The molecule has 6 rings (SSSR count). The Morgan fingerprint density at radius 2 is 1.88 bits per heavy atom. The van der Waals surface area contributed by atoms with Gasteiger partial charge in [0.2, 0.25) is 5.82 Å². The Labute approximate surface area is 247 Å². The van der Waals surface area contributed by atoms with Crippen LogP contribution in [0, 0.1) is 5.41 Å². The summed E-state index contributed by atoms with van der Waals surface area (Å²) in [5.74, 6) is -0.300. The number of amides is 1. The van der Waals surface area contributed by atoms with Gasteiger partial charge in [0.1, 0.15) is 6.33 Å². The van der Waals surface area contributed by atoms with Gasteiger partial charge in [-0.1, -0.05) is 30.9 Å². The maximum absolute atomic E-state index is 12.8. The molecule has 1 amide bonds. The zero-order chi connectivity index (χ0) is 30.1. The van der Waals surface area contributed by atoms with Crippen LogP contribution >= 0.6 is 0 Å². The highest BCUT2D eigenvalue weighted by Gasteiger charge is 2.30. The molecule has 1 aliphatic heterocycles. The zero-order valence-electron chi connectivity index (χ0n) is 24.1. The fourth-order valence-electron chi connectivity index (χ4n) is 6.13. The van der Waals surface area contributed by atoms with Gasteiger partial charge >= 0.3 is 0 Å². The van der Waals surface area contributed by atoms with Gasteiger partial charge < -0.3 is 10.0 Å². The van der Waals surface area contributed by atoms with Gasteiger partial charge in [0.05, 0.1) is 24.1 Å². The highest BCUT2D eigenvalue weighted by molar-refractivity contribution is 5.95. The van der Waals surface area contributed by atoms with Gasteiger partial charge in [0.15, 0.2) is 16.9 Å². The SMILES string of the molecule is C=c1ccc(=C2C=CC(=c3cnn4c(=N)c(C(C)=O)c(C5CCN(C(=O)c6ncn[nH]6)CC5)nc34)CCCC2)cc1CO. The van der Waals surface area contributed by atoms with Crippen molar-refractivity contribution < 1.29 is 14.7 Å². The van der Waals surface area contributed by atoms with Crippen LogP contribution < -0.4 is 21.1 Å². The maximum Gasteiger partial charge on any atom is 0.291 e. The lowest BCUT2D eigenvalue weighted by Crippen LogP contribution is -2.39. The van der Waals surface area contributed by atoms with Crippen molar-refractivity contribution in [1.82, 2.24) is 34.7 Å². The average molecular weight is 579 g/mol. The number of hydrogen-bond donors (Lipinski definition) is 3. The van der Waals surface area contributed by atoms with Crippen LogP contribution in [0.25, 0.3) is 23.4 Å². The van der Waals surface area contributed by atoms with Crippen molar-refractivity contribution in [2.45, 2.75) is 58.0 Å². The number of allylic oxidation sites excluding steroid dienone is 2. The first-order valence-corrected chi connectivity index (χ1v) is 14.6. The second-order valence-electron chi connectivity index (χ2n) is 11.2. The summed E-state index contributed by atoms with van der Waals surface area (Å²) in [6, 6.07) is 6.00. The number of aromatic amines is 1. The van der Waals surface area contributed by atoms with Gasteiger partial charge in [-0.05, 0) is 78.7 Å². The molecule has 0 saturated carbocycles. The number of nitrogens with zero attached hydrogens (tertiary/aromatic N) is 6. The number of carbonyl (C=O) groups excluding carboxylic acids is 2. The summed E-state index contributed by atoms with van der Waals surface area (Å²) in [4.78, 5) is 36.3. The molecule has 3 N–H and O–H groups in total. The van der Waals surface area contributed by atoms with Gasteiger partial charge in [0.25, 0.3) is 5.91 Å². The van der Waals surface area contributed by atoms with E-state index in [9.17, 15) is 14.7 Å². The van der Waals surface area contributed by atoms with Crippen molar-refractivity contribution in [2.24, 2.45) is 0 Å². The maximum atomic E-state index is 12.8. The van der Waals surface area contributed by atoms with Gasteiger partial charge in [0, 0.05) is 24.2 Å². The van der Waals surface area contributed by atoms with E-state index in [-0.39, 0.29) is 41.1 Å². The molecule has 0 radical (unpaired) electrons. The summed E-state index contributed by atoms with van der Waals surface area (Å²) in [5, 5.41) is 32.3. The predicted octanol–water partition coefficient (Wildman–Crippen LogP) is 1.30. The summed E-state index contributed by atoms with van der Waals surface area (Å²) in [5.41, 5.74) is 4.56. The first-order valence-electron chi connectivity index (χ1n) is 14.6. The molecule has 1 aromatic carbocycles. The molecule has 1 fully saturated rings. The van der Waals surface area contributed by atoms with E-state index in [0.717, 1.165) is 52.5 Å². The standard InChI is InChI=1S/C32H34N8O3/c1-19-7-8-24(15-25(19)17-41)21-5-3-4-6-22(10-9-21)26-16-36-40-29(33)27(20(2)42)28(37-31(26)40)23-11-13-39(14-12-23)32(43)30-34-18-35-38-30/h7-10,15-16,18,23,33,41H,1,3-6,11-14,17H2,2H3,(H,34,35,38). The molecular weight excluding hydrogens is 544 g/mol. The number of Topliss-reactive ketones (excluding diaryl/α,β-unsaturated/α-hetero) is 1. The molecule has 3 aromatic heterocycles. The second-order valence-corrected chi connectivity index (χ2v) is 11.2. The van der Waals surface area contributed by atoms with Gasteiger partial charge in [-0.3, -0.25) is 20.1 Å². The summed E-state index contributed by atoms with van der Waals surface area (Å²) < 4.78 is 1.46. The zero-order valence-corrected chi connectivity index (χ0v) is 24.1. The average Bonchev–Trinajstić information content (AvgIpc) is 3.68. The van der Waals surface area contributed by atoms with E-state index >= 15 is 0 Å². The van der Waals surface area contributed by atoms with E-state index in [2.05, 4.69) is 39.0 Å². The number of piperidine rings is 1. The fourth-order valence-corrected chi connectivity index (χ4v) is 6.13. The first-order chi connectivity index (χ1) is 20.9. The van der Waals surface area contributed by atoms with E-state index in [1.807, 2.05) is 18.2 Å². The van der Waals surface area contributed by atoms with E-state index in [1.165, 1.54) is 23.3 Å². The number of aliphatic hydroxyl groups is 1. The van der Waals surface area contributed by atoms with E-state index < -0.39 is 0 Å².